The fourth-order valence-electron chi connectivity index (χ4n) is 5.81. The second-order valence-electron chi connectivity index (χ2n) is 7.53. The maximum Gasteiger partial charge on any atom is 0.0958 e. The SMILES string of the molecule is OC1(c2cccc3cnccc23)C2CC3CC(C2)CC1C3. The number of rotatable bonds is 1. The Morgan fingerprint density at radius 2 is 1.67 bits per heavy atom. The predicted molar refractivity (Wildman–Crippen MR) is 82.7 cm³/mol. The molecule has 2 heteroatoms. The zero-order chi connectivity index (χ0) is 14.0. The first-order chi connectivity index (χ1) is 10.2. The monoisotopic (exact) mass is 279 g/mol. The lowest BCUT2D eigenvalue weighted by molar-refractivity contribution is -0.178. The number of nitrogens with zero attached hydrogens (tertiary/aromatic N) is 1. The third-order valence-electron chi connectivity index (χ3n) is 6.50. The lowest BCUT2D eigenvalue weighted by atomic mass is 9.48. The van der Waals surface area contributed by atoms with Crippen molar-refractivity contribution in [2.75, 3.05) is 0 Å². The summed E-state index contributed by atoms with van der Waals surface area (Å²) < 4.78 is 0. The number of benzene rings is 1. The standard InChI is InChI=1S/C19H21NO/c21-19(15-7-12-6-13(9-15)10-16(19)8-12)18-3-1-2-14-11-20-5-4-17(14)18/h1-5,11-13,15-16,21H,6-10H2. The summed E-state index contributed by atoms with van der Waals surface area (Å²) in [6, 6.07) is 8.42. The van der Waals surface area contributed by atoms with E-state index in [1.54, 1.807) is 0 Å². The molecule has 0 amide bonds. The highest BCUT2D eigenvalue weighted by atomic mass is 16.3. The number of aliphatic hydroxyl groups is 1. The van der Waals surface area contributed by atoms with Gasteiger partial charge >= 0.3 is 0 Å². The molecule has 0 spiro atoms. The molecule has 1 heterocycles. The Labute approximate surface area is 125 Å². The van der Waals surface area contributed by atoms with E-state index in [4.69, 9.17) is 0 Å². The van der Waals surface area contributed by atoms with Gasteiger partial charge in [0.2, 0.25) is 0 Å². The minimum Gasteiger partial charge on any atom is -0.385 e. The summed E-state index contributed by atoms with van der Waals surface area (Å²) in [5.74, 6) is 2.69. The molecule has 0 unspecified atom stereocenters. The van der Waals surface area contributed by atoms with Crippen molar-refractivity contribution in [1.29, 1.82) is 0 Å². The van der Waals surface area contributed by atoms with Crippen molar-refractivity contribution in [3.63, 3.8) is 0 Å². The van der Waals surface area contributed by atoms with E-state index in [9.17, 15) is 5.11 Å². The van der Waals surface area contributed by atoms with Gasteiger partial charge in [0.15, 0.2) is 0 Å². The van der Waals surface area contributed by atoms with Crippen molar-refractivity contribution in [3.8, 4) is 0 Å². The van der Waals surface area contributed by atoms with Crippen molar-refractivity contribution >= 4 is 10.8 Å². The molecule has 4 fully saturated rings. The van der Waals surface area contributed by atoms with E-state index in [2.05, 4.69) is 29.2 Å². The van der Waals surface area contributed by atoms with Crippen molar-refractivity contribution in [2.24, 2.45) is 23.7 Å². The quantitative estimate of drug-likeness (QED) is 0.859. The van der Waals surface area contributed by atoms with Gasteiger partial charge in [0.1, 0.15) is 0 Å². The van der Waals surface area contributed by atoms with Crippen LogP contribution in [0, 0.1) is 23.7 Å². The molecule has 4 saturated carbocycles. The normalized spacial score (nSPS) is 40.8. The minimum atomic E-state index is -0.603. The molecule has 4 bridgehead atoms. The van der Waals surface area contributed by atoms with Gasteiger partial charge in [0.05, 0.1) is 5.60 Å². The van der Waals surface area contributed by atoms with Crippen LogP contribution in [0.15, 0.2) is 36.7 Å². The fourth-order valence-corrected chi connectivity index (χ4v) is 5.81. The molecule has 0 atom stereocenters. The maximum atomic E-state index is 11.7. The van der Waals surface area contributed by atoms with Gasteiger partial charge in [-0.1, -0.05) is 18.2 Å². The molecule has 1 aromatic carbocycles. The van der Waals surface area contributed by atoms with Gasteiger partial charge in [-0.15, -0.1) is 0 Å². The first-order valence-electron chi connectivity index (χ1n) is 8.30. The number of aromatic nitrogens is 1. The van der Waals surface area contributed by atoms with Crippen LogP contribution in [0.25, 0.3) is 10.8 Å². The minimum absolute atomic E-state index is 0.465. The molecule has 108 valence electrons. The van der Waals surface area contributed by atoms with Gasteiger partial charge < -0.3 is 5.11 Å². The van der Waals surface area contributed by atoms with Crippen LogP contribution in [0.2, 0.25) is 0 Å². The molecule has 0 saturated heterocycles. The van der Waals surface area contributed by atoms with E-state index in [0.29, 0.717) is 11.8 Å². The van der Waals surface area contributed by atoms with Gasteiger partial charge in [0, 0.05) is 17.8 Å². The Morgan fingerprint density at radius 3 is 2.38 bits per heavy atom. The third kappa shape index (κ3) is 1.54. The first-order valence-corrected chi connectivity index (χ1v) is 8.30. The second kappa shape index (κ2) is 4.07. The Kier molecular flexibility index (Phi) is 2.36. The summed E-state index contributed by atoms with van der Waals surface area (Å²) in [4.78, 5) is 4.23. The van der Waals surface area contributed by atoms with E-state index >= 15 is 0 Å². The molecule has 4 aliphatic rings. The lowest BCUT2D eigenvalue weighted by Crippen LogP contribution is -2.55. The van der Waals surface area contributed by atoms with E-state index < -0.39 is 5.60 Å². The van der Waals surface area contributed by atoms with Gasteiger partial charge in [-0.3, -0.25) is 4.98 Å². The van der Waals surface area contributed by atoms with Crippen LogP contribution in [-0.4, -0.2) is 10.1 Å². The van der Waals surface area contributed by atoms with Crippen LogP contribution >= 0.6 is 0 Å². The van der Waals surface area contributed by atoms with E-state index in [-0.39, 0.29) is 0 Å². The summed E-state index contributed by atoms with van der Waals surface area (Å²) in [6.45, 7) is 0. The molecule has 1 N–H and O–H groups in total. The Hall–Kier alpha value is -1.41. The molecular formula is C19H21NO. The molecule has 2 nitrogen and oxygen atoms in total. The highest BCUT2D eigenvalue weighted by molar-refractivity contribution is 5.85. The largest absolute Gasteiger partial charge is 0.385 e. The van der Waals surface area contributed by atoms with Crippen LogP contribution in [-0.2, 0) is 5.60 Å². The zero-order valence-electron chi connectivity index (χ0n) is 12.2. The Balaban J connectivity index is 1.71. The molecular weight excluding hydrogens is 258 g/mol. The molecule has 21 heavy (non-hydrogen) atoms. The van der Waals surface area contributed by atoms with Crippen LogP contribution in [0.3, 0.4) is 0 Å². The zero-order valence-corrected chi connectivity index (χ0v) is 12.2. The summed E-state index contributed by atoms with van der Waals surface area (Å²) in [7, 11) is 0. The highest BCUT2D eigenvalue weighted by Gasteiger charge is 2.57. The summed E-state index contributed by atoms with van der Waals surface area (Å²) in [5.41, 5.74) is 0.560. The number of fused-ring (bicyclic) bond motifs is 1. The summed E-state index contributed by atoms with van der Waals surface area (Å²) >= 11 is 0. The fraction of sp³-hybridized carbons (Fsp3) is 0.526. The first kappa shape index (κ1) is 12.2. The van der Waals surface area contributed by atoms with E-state index in [1.807, 2.05) is 12.4 Å². The summed E-state index contributed by atoms with van der Waals surface area (Å²) in [6.07, 6.45) is 10.1. The third-order valence-corrected chi connectivity index (χ3v) is 6.50. The van der Waals surface area contributed by atoms with Gasteiger partial charge in [-0.2, -0.15) is 0 Å². The van der Waals surface area contributed by atoms with Crippen LogP contribution in [0.5, 0.6) is 0 Å². The summed E-state index contributed by atoms with van der Waals surface area (Å²) in [5, 5.41) is 14.1. The number of pyridine rings is 1. The molecule has 2 aromatic rings. The average molecular weight is 279 g/mol. The molecule has 1 aromatic heterocycles. The molecule has 0 radical (unpaired) electrons. The van der Waals surface area contributed by atoms with Crippen molar-refractivity contribution in [3.05, 3.63) is 42.2 Å². The second-order valence-corrected chi connectivity index (χ2v) is 7.53. The smallest absolute Gasteiger partial charge is 0.0958 e. The number of hydrogen-bond donors (Lipinski definition) is 1. The molecule has 0 aliphatic heterocycles. The van der Waals surface area contributed by atoms with E-state index in [0.717, 1.165) is 22.8 Å². The van der Waals surface area contributed by atoms with Crippen LogP contribution in [0.4, 0.5) is 0 Å². The topological polar surface area (TPSA) is 33.1 Å². The van der Waals surface area contributed by atoms with Gasteiger partial charge in [-0.25, -0.2) is 0 Å². The van der Waals surface area contributed by atoms with Gasteiger partial charge in [-0.05, 0) is 72.8 Å². The average Bonchev–Trinajstić information content (AvgIpc) is 2.51. The number of hydrogen-bond acceptors (Lipinski definition) is 2. The Bertz CT molecular complexity index is 674. The van der Waals surface area contributed by atoms with Crippen molar-refractivity contribution in [2.45, 2.75) is 37.7 Å². The lowest BCUT2D eigenvalue weighted by Gasteiger charge is -2.59. The molecule has 4 aliphatic carbocycles. The van der Waals surface area contributed by atoms with Crippen molar-refractivity contribution in [1.82, 2.24) is 4.98 Å². The van der Waals surface area contributed by atoms with Crippen molar-refractivity contribution < 1.29 is 5.11 Å². The maximum absolute atomic E-state index is 11.7. The highest BCUT2D eigenvalue weighted by Crippen LogP contribution is 2.62. The van der Waals surface area contributed by atoms with E-state index in [1.165, 1.54) is 37.5 Å². The predicted octanol–water partition coefficient (Wildman–Crippen LogP) is 3.88. The molecule has 6 rings (SSSR count). The van der Waals surface area contributed by atoms with Gasteiger partial charge in [0.25, 0.3) is 0 Å². The van der Waals surface area contributed by atoms with Crippen LogP contribution in [0.1, 0.15) is 37.7 Å². The Morgan fingerprint density at radius 1 is 0.952 bits per heavy atom. The van der Waals surface area contributed by atoms with Crippen LogP contribution < -0.4 is 0 Å².